The van der Waals surface area contributed by atoms with E-state index in [0.29, 0.717) is 26.1 Å². The minimum Gasteiger partial charge on any atom is -0.211 e. The number of aliphatic imine (C=N–C) groups is 2. The molecule has 2 aliphatic rings. The van der Waals surface area contributed by atoms with Gasteiger partial charge in [0.05, 0.1) is 13.1 Å². The van der Waals surface area contributed by atoms with E-state index in [2.05, 4.69) is 9.98 Å². The van der Waals surface area contributed by atoms with Crippen LogP contribution in [0, 0.1) is 0 Å². The van der Waals surface area contributed by atoms with Gasteiger partial charge in [0, 0.05) is 13.0 Å². The molecule has 1 spiro atoms. The first-order chi connectivity index (χ1) is 11.7. The fraction of sp³-hybridized carbons (Fsp3) is 0.750. The zero-order valence-corrected chi connectivity index (χ0v) is 13.8. The summed E-state index contributed by atoms with van der Waals surface area (Å²) in [5, 5.41) is 0. The molecule has 2 fully saturated rings. The Morgan fingerprint density at radius 3 is 2.46 bits per heavy atom. The summed E-state index contributed by atoms with van der Waals surface area (Å²) in [5.41, 5.74) is 0. The number of isocyanates is 2. The molecule has 1 unspecified atom stereocenters. The Bertz CT molecular complexity index is 563. The largest absolute Gasteiger partial charge is 0.441 e. The number of hydrogen-bond donors (Lipinski definition) is 0. The summed E-state index contributed by atoms with van der Waals surface area (Å²) in [5.74, 6) is 0. The van der Waals surface area contributed by atoms with Crippen LogP contribution < -0.4 is 0 Å². The van der Waals surface area contributed by atoms with Gasteiger partial charge in [-0.3, -0.25) is 0 Å². The Labute approximate surface area is 140 Å². The van der Waals surface area contributed by atoms with Gasteiger partial charge in [-0.2, -0.15) is 4.90 Å². The molecule has 0 aromatic rings. The lowest BCUT2D eigenvalue weighted by Crippen LogP contribution is -2.79. The van der Waals surface area contributed by atoms with Gasteiger partial charge in [-0.1, -0.05) is 12.8 Å². The number of rotatable bonds is 8. The van der Waals surface area contributed by atoms with Crippen molar-refractivity contribution in [1.29, 1.82) is 0 Å². The summed E-state index contributed by atoms with van der Waals surface area (Å²) in [4.78, 5) is 54.3. The Balaban J connectivity index is 1.88. The van der Waals surface area contributed by atoms with Crippen molar-refractivity contribution in [3.8, 4) is 0 Å². The maximum atomic E-state index is 12.6. The van der Waals surface area contributed by atoms with Crippen molar-refractivity contribution < 1.29 is 23.7 Å². The summed E-state index contributed by atoms with van der Waals surface area (Å²) in [6, 6.07) is -0.479. The van der Waals surface area contributed by atoms with Gasteiger partial charge in [-0.15, -0.1) is 9.48 Å². The lowest BCUT2D eigenvalue weighted by molar-refractivity contribution is -0.825. The van der Waals surface area contributed by atoms with Crippen LogP contribution in [0.4, 0.5) is 9.59 Å². The van der Waals surface area contributed by atoms with Crippen LogP contribution in [0.1, 0.15) is 51.4 Å². The minimum atomic E-state index is -0.609. The Morgan fingerprint density at radius 2 is 1.75 bits per heavy atom. The quantitative estimate of drug-likeness (QED) is 0.294. The van der Waals surface area contributed by atoms with Crippen LogP contribution in [0.25, 0.3) is 0 Å². The normalized spacial score (nSPS) is 22.3. The average Bonchev–Trinajstić information content (AvgIpc) is 2.81. The molecule has 0 aromatic heterocycles. The summed E-state index contributed by atoms with van der Waals surface area (Å²) < 4.78 is -0.330. The van der Waals surface area contributed by atoms with Gasteiger partial charge in [0.2, 0.25) is 18.3 Å². The standard InChI is InChI=1S/C16H23N4O4/c21-12-17-9-5-1-2-6-10-19-15(23)20(16(19)24)11-7-3-4-8-14(20)18-13-22/h14H,1-11H2/q+1. The van der Waals surface area contributed by atoms with E-state index in [-0.39, 0.29) is 16.5 Å². The van der Waals surface area contributed by atoms with Crippen LogP contribution in [-0.4, -0.2) is 59.4 Å². The number of carbonyl (C=O) groups excluding carboxylic acids is 4. The third-order valence-electron chi connectivity index (χ3n) is 4.79. The maximum Gasteiger partial charge on any atom is 0.441 e. The van der Waals surface area contributed by atoms with Gasteiger partial charge >= 0.3 is 12.1 Å². The molecular weight excluding hydrogens is 312 g/mol. The van der Waals surface area contributed by atoms with Crippen molar-refractivity contribution >= 4 is 24.2 Å². The second-order valence-electron chi connectivity index (χ2n) is 6.25. The topological polar surface area (TPSA) is 96.2 Å². The average molecular weight is 335 g/mol. The minimum absolute atomic E-state index is 0.239. The molecule has 0 aliphatic carbocycles. The Morgan fingerprint density at radius 1 is 1.00 bits per heavy atom. The Kier molecular flexibility index (Phi) is 6.55. The molecule has 130 valence electrons. The highest BCUT2D eigenvalue weighted by atomic mass is 16.2. The van der Waals surface area contributed by atoms with E-state index in [4.69, 9.17) is 0 Å². The molecule has 2 saturated heterocycles. The maximum absolute atomic E-state index is 12.6. The van der Waals surface area contributed by atoms with Crippen molar-refractivity contribution in [3.63, 3.8) is 0 Å². The number of imide groups is 2. The lowest BCUT2D eigenvalue weighted by atomic mass is 10.1. The monoisotopic (exact) mass is 335 g/mol. The third kappa shape index (κ3) is 3.51. The molecule has 2 rings (SSSR count). The molecule has 8 nitrogen and oxygen atoms in total. The molecule has 2 heterocycles. The fourth-order valence-corrected chi connectivity index (χ4v) is 3.51. The molecule has 0 N–H and O–H groups in total. The van der Waals surface area contributed by atoms with Crippen molar-refractivity contribution in [2.45, 2.75) is 57.5 Å². The second kappa shape index (κ2) is 8.64. The first-order valence-electron chi connectivity index (χ1n) is 8.53. The van der Waals surface area contributed by atoms with E-state index in [1.807, 2.05) is 0 Å². The predicted octanol–water partition coefficient (Wildman–Crippen LogP) is 2.49. The van der Waals surface area contributed by atoms with E-state index in [1.54, 1.807) is 0 Å². The van der Waals surface area contributed by atoms with Crippen LogP contribution >= 0.6 is 0 Å². The molecule has 4 amide bonds. The number of hydrogen-bond acceptors (Lipinski definition) is 6. The first kappa shape index (κ1) is 18.2. The predicted molar refractivity (Wildman–Crippen MR) is 84.5 cm³/mol. The molecule has 0 radical (unpaired) electrons. The molecule has 24 heavy (non-hydrogen) atoms. The zero-order valence-electron chi connectivity index (χ0n) is 13.8. The van der Waals surface area contributed by atoms with Gasteiger partial charge in [-0.25, -0.2) is 24.2 Å². The molecule has 8 heteroatoms. The van der Waals surface area contributed by atoms with E-state index in [9.17, 15) is 19.2 Å². The molecular formula is C16H23N4O4+. The van der Waals surface area contributed by atoms with Gasteiger partial charge in [-0.05, 0) is 32.1 Å². The number of unbranched alkanes of at least 4 members (excludes halogenated alkanes) is 3. The summed E-state index contributed by atoms with van der Waals surface area (Å²) >= 11 is 0. The van der Waals surface area contributed by atoms with Gasteiger partial charge < -0.3 is 0 Å². The highest BCUT2D eigenvalue weighted by Gasteiger charge is 2.66. The van der Waals surface area contributed by atoms with Crippen LogP contribution in [-0.2, 0) is 9.59 Å². The molecule has 0 aromatic carbocycles. The number of urea groups is 2. The molecule has 0 bridgehead atoms. The van der Waals surface area contributed by atoms with E-state index in [1.165, 1.54) is 17.1 Å². The highest BCUT2D eigenvalue weighted by Crippen LogP contribution is 2.36. The van der Waals surface area contributed by atoms with Gasteiger partial charge in [0.25, 0.3) is 0 Å². The number of quaternary nitrogens is 1. The SMILES string of the molecule is O=C=NCCCCCCN1C(=O)[N+]2(CCCCCC2N=C=O)C1=O. The third-order valence-corrected chi connectivity index (χ3v) is 4.79. The van der Waals surface area contributed by atoms with E-state index in [0.717, 1.165) is 44.9 Å². The van der Waals surface area contributed by atoms with Crippen LogP contribution in [0.3, 0.4) is 0 Å². The number of nitrogens with zero attached hydrogens (tertiary/aromatic N) is 4. The van der Waals surface area contributed by atoms with E-state index >= 15 is 0 Å². The fourth-order valence-electron chi connectivity index (χ4n) is 3.51. The van der Waals surface area contributed by atoms with Crippen LogP contribution in [0.15, 0.2) is 9.98 Å². The second-order valence-corrected chi connectivity index (χ2v) is 6.25. The summed E-state index contributed by atoms with van der Waals surface area (Å²) in [6.45, 7) is 1.29. The Hall–Kier alpha value is -2.14. The van der Waals surface area contributed by atoms with Gasteiger partial charge in [0.15, 0.2) is 0 Å². The van der Waals surface area contributed by atoms with Crippen LogP contribution in [0.5, 0.6) is 0 Å². The molecule has 0 saturated carbocycles. The van der Waals surface area contributed by atoms with Crippen molar-refractivity contribution in [3.05, 3.63) is 0 Å². The number of amides is 4. The van der Waals surface area contributed by atoms with Crippen molar-refractivity contribution in [2.24, 2.45) is 9.98 Å². The van der Waals surface area contributed by atoms with E-state index < -0.39 is 6.17 Å². The lowest BCUT2D eigenvalue weighted by Gasteiger charge is -2.46. The van der Waals surface area contributed by atoms with Crippen LogP contribution in [0.2, 0.25) is 0 Å². The van der Waals surface area contributed by atoms with Crippen molar-refractivity contribution in [2.75, 3.05) is 19.6 Å². The molecule has 2 aliphatic heterocycles. The zero-order chi connectivity index (χ0) is 17.4. The molecule has 1 atom stereocenters. The highest BCUT2D eigenvalue weighted by molar-refractivity contribution is 6.02. The summed E-state index contributed by atoms with van der Waals surface area (Å²) in [6.07, 6.45) is 8.84. The smallest absolute Gasteiger partial charge is 0.211 e. The van der Waals surface area contributed by atoms with Gasteiger partial charge in [0.1, 0.15) is 0 Å². The van der Waals surface area contributed by atoms with Crippen molar-refractivity contribution in [1.82, 2.24) is 4.90 Å². The summed E-state index contributed by atoms with van der Waals surface area (Å²) in [7, 11) is 0. The number of carbonyl (C=O) groups is 2. The first-order valence-corrected chi connectivity index (χ1v) is 8.53.